The lowest BCUT2D eigenvalue weighted by molar-refractivity contribution is -0.143. The molecule has 2 unspecified atom stereocenters. The molecule has 0 saturated carbocycles. The summed E-state index contributed by atoms with van der Waals surface area (Å²) in [6, 6.07) is 17.7. The monoisotopic (exact) mass is 416 g/mol. The highest BCUT2D eigenvalue weighted by Gasteiger charge is 2.67. The Balaban J connectivity index is 1.17. The first-order chi connectivity index (χ1) is 15.1. The van der Waals surface area contributed by atoms with Crippen LogP contribution in [0.2, 0.25) is 0 Å². The van der Waals surface area contributed by atoms with E-state index in [0.717, 1.165) is 5.75 Å². The van der Waals surface area contributed by atoms with E-state index < -0.39 is 17.4 Å². The van der Waals surface area contributed by atoms with E-state index in [1.165, 1.54) is 11.1 Å². The van der Waals surface area contributed by atoms with Gasteiger partial charge in [-0.2, -0.15) is 0 Å². The lowest BCUT2D eigenvalue weighted by Crippen LogP contribution is -2.44. The molecule has 0 N–H and O–H groups in total. The topological polar surface area (TPSA) is 59.1 Å². The maximum absolute atomic E-state index is 13.5. The molecule has 2 saturated heterocycles. The van der Waals surface area contributed by atoms with Gasteiger partial charge in [0.15, 0.2) is 0 Å². The van der Waals surface area contributed by atoms with E-state index in [0.29, 0.717) is 32.8 Å². The molecule has 0 radical (unpaired) electrons. The average Bonchev–Trinajstić information content (AvgIpc) is 3.53. The lowest BCUT2D eigenvalue weighted by atomic mass is 9.76. The first-order valence-electron chi connectivity index (χ1n) is 10.8. The van der Waals surface area contributed by atoms with Gasteiger partial charge in [0.2, 0.25) is 11.8 Å². The summed E-state index contributed by atoms with van der Waals surface area (Å²) in [5, 5.41) is 0. The molecule has 158 valence electrons. The van der Waals surface area contributed by atoms with Crippen LogP contribution in [0.5, 0.6) is 5.75 Å². The summed E-state index contributed by atoms with van der Waals surface area (Å²) in [6.45, 7) is 2.57. The zero-order chi connectivity index (χ0) is 21.0. The molecule has 2 bridgehead atoms. The first kappa shape index (κ1) is 18.6. The fraction of sp³-hybridized carbons (Fsp3) is 0.360. The number of fused-ring (bicyclic) bond motifs is 2. The maximum Gasteiger partial charge on any atom is 0.230 e. The van der Waals surface area contributed by atoms with Gasteiger partial charge in [0.05, 0.1) is 31.0 Å². The Kier molecular flexibility index (Phi) is 4.18. The van der Waals surface area contributed by atoms with Crippen LogP contribution in [-0.4, -0.2) is 53.0 Å². The minimum absolute atomic E-state index is 0.00132. The van der Waals surface area contributed by atoms with Gasteiger partial charge in [-0.3, -0.25) is 9.59 Å². The van der Waals surface area contributed by atoms with E-state index in [-0.39, 0.29) is 17.9 Å². The molecule has 2 aromatic carbocycles. The zero-order valence-electron chi connectivity index (χ0n) is 17.1. The van der Waals surface area contributed by atoms with Crippen LogP contribution >= 0.6 is 0 Å². The normalized spacial score (nSPS) is 30.1. The predicted octanol–water partition coefficient (Wildman–Crippen LogP) is 2.39. The molecule has 4 heterocycles. The van der Waals surface area contributed by atoms with Crippen molar-refractivity contribution in [1.29, 1.82) is 0 Å². The van der Waals surface area contributed by atoms with Crippen molar-refractivity contribution in [2.75, 3.05) is 19.7 Å². The first-order valence-corrected chi connectivity index (χ1v) is 10.8. The van der Waals surface area contributed by atoms with Crippen LogP contribution in [0.15, 0.2) is 66.7 Å². The molecule has 0 aromatic heterocycles. The summed E-state index contributed by atoms with van der Waals surface area (Å²) in [6.07, 6.45) is 3.66. The second-order valence-corrected chi connectivity index (χ2v) is 8.78. The molecule has 6 nitrogen and oxygen atoms in total. The number of carbonyl (C=O) groups excluding carboxylic acids is 2. The van der Waals surface area contributed by atoms with Gasteiger partial charge in [-0.25, -0.2) is 0 Å². The van der Waals surface area contributed by atoms with Gasteiger partial charge >= 0.3 is 0 Å². The number of para-hydroxylation sites is 1. The number of benzene rings is 2. The summed E-state index contributed by atoms with van der Waals surface area (Å²) in [7, 11) is 0. The van der Waals surface area contributed by atoms with E-state index in [1.54, 1.807) is 4.90 Å². The van der Waals surface area contributed by atoms with Crippen molar-refractivity contribution in [2.45, 2.75) is 24.8 Å². The molecular weight excluding hydrogens is 392 g/mol. The van der Waals surface area contributed by atoms with Crippen LogP contribution in [0.1, 0.15) is 11.1 Å². The summed E-state index contributed by atoms with van der Waals surface area (Å²) in [5.74, 6) is -0.0970. The van der Waals surface area contributed by atoms with E-state index in [9.17, 15) is 9.59 Å². The van der Waals surface area contributed by atoms with Gasteiger partial charge in [-0.15, -0.1) is 0 Å². The Hall–Kier alpha value is -3.12. The van der Waals surface area contributed by atoms with E-state index in [2.05, 4.69) is 12.1 Å². The number of hydrogen-bond donors (Lipinski definition) is 0. The van der Waals surface area contributed by atoms with Crippen molar-refractivity contribution in [3.63, 3.8) is 0 Å². The summed E-state index contributed by atoms with van der Waals surface area (Å²) < 4.78 is 12.0. The average molecular weight is 416 g/mol. The number of ether oxygens (including phenoxy) is 2. The molecular formula is C25H24N2O4. The molecule has 2 fully saturated rings. The largest absolute Gasteiger partial charge is 0.492 e. The van der Waals surface area contributed by atoms with Crippen LogP contribution in [0.3, 0.4) is 0 Å². The molecule has 4 atom stereocenters. The quantitative estimate of drug-likeness (QED) is 0.703. The minimum atomic E-state index is -0.679. The van der Waals surface area contributed by atoms with Gasteiger partial charge in [0.1, 0.15) is 18.0 Å². The number of hydrogen-bond acceptors (Lipinski definition) is 4. The number of carbonyl (C=O) groups is 2. The lowest BCUT2D eigenvalue weighted by Gasteiger charge is -2.27. The molecule has 31 heavy (non-hydrogen) atoms. The number of likely N-dealkylation sites (tertiary alicyclic amines) is 1. The number of rotatable bonds is 5. The molecule has 6 rings (SSSR count). The van der Waals surface area contributed by atoms with E-state index in [4.69, 9.17) is 9.47 Å². The van der Waals surface area contributed by atoms with E-state index >= 15 is 0 Å². The molecule has 4 aliphatic heterocycles. The van der Waals surface area contributed by atoms with Crippen molar-refractivity contribution >= 4 is 11.8 Å². The minimum Gasteiger partial charge on any atom is -0.492 e. The molecule has 1 spiro atoms. The van der Waals surface area contributed by atoms with Crippen LogP contribution in [0.25, 0.3) is 0 Å². The standard InChI is InChI=1S/C25H24N2O4/c28-23(27-14-17-6-4-5-7-18(17)15-27)21-20-10-11-25(31-20)16-26(24(29)22(21)25)12-13-30-19-8-2-1-3-9-19/h1-11,20-22H,12-16H2/t20-,21?,22?,25-/m0/s1. The molecule has 4 aliphatic rings. The van der Waals surface area contributed by atoms with Gasteiger partial charge in [0.25, 0.3) is 0 Å². The predicted molar refractivity (Wildman–Crippen MR) is 113 cm³/mol. The van der Waals surface area contributed by atoms with Crippen LogP contribution in [0, 0.1) is 11.8 Å². The fourth-order valence-electron chi connectivity index (χ4n) is 5.54. The second-order valence-electron chi connectivity index (χ2n) is 8.78. The molecule has 0 aliphatic carbocycles. The smallest absolute Gasteiger partial charge is 0.230 e. The van der Waals surface area contributed by atoms with Gasteiger partial charge in [0, 0.05) is 13.1 Å². The van der Waals surface area contributed by atoms with E-state index in [1.807, 2.05) is 59.5 Å². The van der Waals surface area contributed by atoms with Gasteiger partial charge < -0.3 is 19.3 Å². The van der Waals surface area contributed by atoms with Gasteiger partial charge in [-0.1, -0.05) is 54.6 Å². The van der Waals surface area contributed by atoms with Crippen molar-refractivity contribution in [3.8, 4) is 5.75 Å². The third-order valence-corrected chi connectivity index (χ3v) is 6.99. The highest BCUT2D eigenvalue weighted by molar-refractivity contribution is 5.93. The number of nitrogens with zero attached hydrogens (tertiary/aromatic N) is 2. The van der Waals surface area contributed by atoms with Crippen LogP contribution < -0.4 is 4.74 Å². The van der Waals surface area contributed by atoms with Crippen molar-refractivity contribution in [2.24, 2.45) is 11.8 Å². The van der Waals surface area contributed by atoms with Gasteiger partial charge in [-0.05, 0) is 23.3 Å². The van der Waals surface area contributed by atoms with Crippen molar-refractivity contribution in [1.82, 2.24) is 9.80 Å². The summed E-state index contributed by atoms with van der Waals surface area (Å²) >= 11 is 0. The Labute approximate surface area is 181 Å². The number of amides is 2. The molecule has 6 heteroatoms. The van der Waals surface area contributed by atoms with Crippen LogP contribution in [0.4, 0.5) is 0 Å². The fourth-order valence-corrected chi connectivity index (χ4v) is 5.54. The Bertz CT molecular complexity index is 1040. The van der Waals surface area contributed by atoms with Crippen molar-refractivity contribution < 1.29 is 19.1 Å². The van der Waals surface area contributed by atoms with Crippen molar-refractivity contribution in [3.05, 3.63) is 77.9 Å². The third-order valence-electron chi connectivity index (χ3n) is 6.99. The maximum atomic E-state index is 13.5. The molecule has 2 amide bonds. The summed E-state index contributed by atoms with van der Waals surface area (Å²) in [5.41, 5.74) is 1.69. The molecule has 2 aromatic rings. The third kappa shape index (κ3) is 2.89. The summed E-state index contributed by atoms with van der Waals surface area (Å²) in [4.78, 5) is 30.5. The zero-order valence-corrected chi connectivity index (χ0v) is 17.1. The SMILES string of the molecule is O=C(C1C2C(=O)N(CCOc3ccccc3)C[C@@]23C=C[C@@H]1O3)N1Cc2ccccc2C1. The van der Waals surface area contributed by atoms with Crippen LogP contribution in [-0.2, 0) is 27.4 Å². The second kappa shape index (κ2) is 6.95. The highest BCUT2D eigenvalue weighted by atomic mass is 16.5. The Morgan fingerprint density at radius 2 is 1.77 bits per heavy atom. The Morgan fingerprint density at radius 3 is 2.52 bits per heavy atom. The highest BCUT2D eigenvalue weighted by Crippen LogP contribution is 2.52. The Morgan fingerprint density at radius 1 is 1.06 bits per heavy atom.